The molecule has 9 heteroatoms. The van der Waals surface area contributed by atoms with Crippen molar-refractivity contribution in [1.29, 1.82) is 0 Å². The van der Waals surface area contributed by atoms with Crippen LogP contribution in [0.5, 0.6) is 0 Å². The zero-order valence-corrected chi connectivity index (χ0v) is 23.8. The molecule has 8 nitrogen and oxygen atoms in total. The molecular formula is C27H40O8S. The highest BCUT2D eigenvalue weighted by atomic mass is 32.2. The van der Waals surface area contributed by atoms with Crippen molar-refractivity contribution >= 4 is 29.1 Å². The maximum Gasteiger partial charge on any atom is 0.311 e. The molecule has 6 atom stereocenters. The lowest BCUT2D eigenvalue weighted by molar-refractivity contribution is -0.239. The number of carbonyl (C=O) groups excluding carboxylic acids is 3. The van der Waals surface area contributed by atoms with Gasteiger partial charge in [0.2, 0.25) is 6.10 Å². The molecule has 1 aromatic carbocycles. The van der Waals surface area contributed by atoms with Crippen molar-refractivity contribution in [3.8, 4) is 0 Å². The molecule has 1 aromatic rings. The number of esters is 3. The maximum atomic E-state index is 13.6. The third-order valence-electron chi connectivity index (χ3n) is 5.48. The summed E-state index contributed by atoms with van der Waals surface area (Å²) in [6.45, 7) is 16.8. The van der Waals surface area contributed by atoms with E-state index in [2.05, 4.69) is 0 Å². The van der Waals surface area contributed by atoms with E-state index in [0.29, 0.717) is 4.90 Å². The van der Waals surface area contributed by atoms with Gasteiger partial charge in [-0.05, 0) is 81.4 Å². The van der Waals surface area contributed by atoms with Gasteiger partial charge in [-0.15, -0.1) is 0 Å². The van der Waals surface area contributed by atoms with Gasteiger partial charge in [-0.3, -0.25) is 14.4 Å². The van der Waals surface area contributed by atoms with Crippen LogP contribution in [0.15, 0.2) is 35.2 Å². The first kappa shape index (κ1) is 30.1. The number of carbonyl (C=O) groups is 3. The Morgan fingerprint density at radius 2 is 1.11 bits per heavy atom. The lowest BCUT2D eigenvalue weighted by Gasteiger charge is -2.44. The van der Waals surface area contributed by atoms with Gasteiger partial charge in [0.1, 0.15) is 6.10 Å². The summed E-state index contributed by atoms with van der Waals surface area (Å²) in [6.07, 6.45) is -4.44. The second-order valence-electron chi connectivity index (χ2n) is 12.2. The Morgan fingerprint density at radius 3 is 1.53 bits per heavy atom. The van der Waals surface area contributed by atoms with Gasteiger partial charge in [-0.25, -0.2) is 0 Å². The number of hydrogen-bond donors (Lipinski definition) is 0. The molecule has 2 rings (SSSR count). The van der Waals surface area contributed by atoms with Gasteiger partial charge in [0.05, 0.1) is 16.2 Å². The minimum Gasteiger partial charge on any atom is -0.609 e. The molecule has 1 aliphatic heterocycles. The van der Waals surface area contributed by atoms with Crippen molar-refractivity contribution in [1.82, 2.24) is 0 Å². The standard InChI is InChI=1S/C27H40O8S/c1-16-18(33-22(28)25(2,3)4)19(34-23(29)26(5,6)7)20(35-24(30)27(8,9)10)21(32-16)36(31)17-14-12-11-13-15-17/h11-16,18-21H,1-10H3/t16-,18+,19+,20-,21+,36?/m1/s1. The lowest BCUT2D eigenvalue weighted by Crippen LogP contribution is -2.63. The molecule has 0 radical (unpaired) electrons. The van der Waals surface area contributed by atoms with Crippen LogP contribution in [-0.2, 0) is 44.5 Å². The third-order valence-corrected chi connectivity index (χ3v) is 7.02. The molecule has 1 heterocycles. The summed E-state index contributed by atoms with van der Waals surface area (Å²) in [4.78, 5) is 39.3. The van der Waals surface area contributed by atoms with E-state index in [1.165, 1.54) is 0 Å². The summed E-state index contributed by atoms with van der Waals surface area (Å²) >= 11 is -1.80. The second-order valence-corrected chi connectivity index (χ2v) is 13.7. The predicted molar refractivity (Wildman–Crippen MR) is 135 cm³/mol. The van der Waals surface area contributed by atoms with Crippen LogP contribution in [0, 0.1) is 16.2 Å². The Balaban J connectivity index is 2.60. The molecular weight excluding hydrogens is 484 g/mol. The largest absolute Gasteiger partial charge is 0.609 e. The Morgan fingerprint density at radius 1 is 0.722 bits per heavy atom. The fourth-order valence-electron chi connectivity index (χ4n) is 3.16. The lowest BCUT2D eigenvalue weighted by atomic mass is 9.94. The van der Waals surface area contributed by atoms with E-state index in [4.69, 9.17) is 18.9 Å². The maximum absolute atomic E-state index is 13.6. The van der Waals surface area contributed by atoms with Crippen LogP contribution < -0.4 is 0 Å². The van der Waals surface area contributed by atoms with Gasteiger partial charge >= 0.3 is 17.9 Å². The van der Waals surface area contributed by atoms with E-state index in [-0.39, 0.29) is 0 Å². The Bertz CT molecular complexity index is 926. The Hall–Kier alpha value is -2.10. The van der Waals surface area contributed by atoms with Gasteiger partial charge < -0.3 is 23.5 Å². The normalized spacial score (nSPS) is 26.0. The smallest absolute Gasteiger partial charge is 0.311 e. The van der Waals surface area contributed by atoms with Gasteiger partial charge in [0.25, 0.3) is 5.44 Å². The highest BCUT2D eigenvalue weighted by Crippen LogP contribution is 2.36. The molecule has 0 bridgehead atoms. The number of rotatable bonds is 5. The molecule has 1 saturated heterocycles. The highest BCUT2D eigenvalue weighted by molar-refractivity contribution is 7.92. The van der Waals surface area contributed by atoms with Crippen molar-refractivity contribution in [3.05, 3.63) is 30.3 Å². The van der Waals surface area contributed by atoms with E-state index in [1.54, 1.807) is 99.6 Å². The second kappa shape index (κ2) is 11.1. The average molecular weight is 525 g/mol. The van der Waals surface area contributed by atoms with E-state index < -0.39 is 75.2 Å². The molecule has 0 aliphatic carbocycles. The summed E-state index contributed by atoms with van der Waals surface area (Å²) in [6, 6.07) is 8.61. The predicted octanol–water partition coefficient (Wildman–Crippen LogP) is 4.41. The highest BCUT2D eigenvalue weighted by Gasteiger charge is 2.57. The third kappa shape index (κ3) is 7.46. The number of benzene rings is 1. The van der Waals surface area contributed by atoms with Crippen LogP contribution in [0.3, 0.4) is 0 Å². The number of hydrogen-bond acceptors (Lipinski definition) is 8. The van der Waals surface area contributed by atoms with Crippen molar-refractivity contribution in [2.24, 2.45) is 16.2 Å². The van der Waals surface area contributed by atoms with Crippen molar-refractivity contribution in [3.63, 3.8) is 0 Å². The Labute approximate surface area is 217 Å². The zero-order valence-electron chi connectivity index (χ0n) is 22.9. The fourth-order valence-corrected chi connectivity index (χ4v) is 4.58. The molecule has 0 spiro atoms. The van der Waals surface area contributed by atoms with Crippen molar-refractivity contribution in [2.75, 3.05) is 0 Å². The summed E-state index contributed by atoms with van der Waals surface area (Å²) in [5, 5.41) is 0. The van der Waals surface area contributed by atoms with Crippen molar-refractivity contribution in [2.45, 2.75) is 104 Å². The van der Waals surface area contributed by atoms with E-state index in [1.807, 2.05) is 0 Å². The molecule has 0 aromatic heterocycles. The monoisotopic (exact) mass is 524 g/mol. The molecule has 1 unspecified atom stereocenters. The van der Waals surface area contributed by atoms with Gasteiger partial charge in [-0.1, -0.05) is 18.2 Å². The van der Waals surface area contributed by atoms with Gasteiger partial charge in [0.15, 0.2) is 17.1 Å². The zero-order chi connectivity index (χ0) is 27.6. The van der Waals surface area contributed by atoms with Crippen LogP contribution in [0.25, 0.3) is 0 Å². The topological polar surface area (TPSA) is 111 Å². The Kier molecular flexibility index (Phi) is 9.30. The van der Waals surface area contributed by atoms with E-state index in [0.717, 1.165) is 0 Å². The molecule has 1 fully saturated rings. The summed E-state index contributed by atoms with van der Waals surface area (Å²) in [7, 11) is 0. The number of ether oxygens (including phenoxy) is 4. The SMILES string of the molecule is C[C@H]1O[C@@H]([S+]([O-])c2ccccc2)[C@H](OC(=O)C(C)(C)C)[C@@H](OC(=O)C(C)(C)C)[C@H]1OC(=O)C(C)(C)C. The molecule has 1 aliphatic rings. The first-order valence-electron chi connectivity index (χ1n) is 12.1. The van der Waals surface area contributed by atoms with Crippen LogP contribution >= 0.6 is 0 Å². The van der Waals surface area contributed by atoms with Gasteiger partial charge in [0, 0.05) is 11.2 Å². The molecule has 36 heavy (non-hydrogen) atoms. The summed E-state index contributed by atoms with van der Waals surface area (Å²) < 4.78 is 37.3. The van der Waals surface area contributed by atoms with E-state index >= 15 is 0 Å². The summed E-state index contributed by atoms with van der Waals surface area (Å²) in [5.74, 6) is -1.72. The molecule has 0 saturated carbocycles. The van der Waals surface area contributed by atoms with Crippen LogP contribution in [-0.4, -0.2) is 52.3 Å². The average Bonchev–Trinajstić information content (AvgIpc) is 2.75. The molecule has 0 N–H and O–H groups in total. The summed E-state index contributed by atoms with van der Waals surface area (Å²) in [5.41, 5.74) is -3.82. The minimum atomic E-state index is -1.80. The van der Waals surface area contributed by atoms with Crippen LogP contribution in [0.1, 0.15) is 69.2 Å². The fraction of sp³-hybridized carbons (Fsp3) is 0.667. The molecule has 202 valence electrons. The first-order chi connectivity index (χ1) is 16.3. The quantitative estimate of drug-likeness (QED) is 0.316. The van der Waals surface area contributed by atoms with Crippen LogP contribution in [0.2, 0.25) is 0 Å². The minimum absolute atomic E-state index is 0.456. The van der Waals surface area contributed by atoms with Crippen molar-refractivity contribution < 1.29 is 37.9 Å². The van der Waals surface area contributed by atoms with E-state index in [9.17, 15) is 18.9 Å². The van der Waals surface area contributed by atoms with Crippen LogP contribution in [0.4, 0.5) is 0 Å². The van der Waals surface area contributed by atoms with Gasteiger partial charge in [-0.2, -0.15) is 0 Å². The molecule has 0 amide bonds. The first-order valence-corrected chi connectivity index (χ1v) is 13.3.